The molecule has 0 saturated heterocycles. The highest BCUT2D eigenvalue weighted by molar-refractivity contribution is 7.20. The first-order valence-electron chi connectivity index (χ1n) is 24.2. The summed E-state index contributed by atoms with van der Waals surface area (Å²) in [6.07, 6.45) is 4.62. The van der Waals surface area contributed by atoms with Crippen molar-refractivity contribution in [2.45, 2.75) is 72.1 Å². The normalized spacial score (nSPS) is 14.3. The lowest BCUT2D eigenvalue weighted by molar-refractivity contribution is 0.590. The van der Waals surface area contributed by atoms with Crippen LogP contribution in [0.25, 0.3) is 48.7 Å². The SMILES string of the molecule is Cc1cc2c3c(c1)N(c1ccc(-c4cccc5c4oc4ccccc45)cc1)c1cc(C(C)(C)C)ccc1B3c1cc(C(C)(C)C)ccc1N2c1ccc(C2=CCCc3c2sc2ccccc32)cc1. The van der Waals surface area contributed by atoms with Gasteiger partial charge >= 0.3 is 0 Å². The van der Waals surface area contributed by atoms with Gasteiger partial charge in [-0.15, -0.1) is 11.3 Å². The van der Waals surface area contributed by atoms with Gasteiger partial charge in [-0.25, -0.2) is 0 Å². The van der Waals surface area contributed by atoms with Crippen molar-refractivity contribution < 1.29 is 4.42 Å². The number of fused-ring (bicyclic) bond motifs is 10. The Labute approximate surface area is 404 Å². The Balaban J connectivity index is 0.991. The van der Waals surface area contributed by atoms with Crippen molar-refractivity contribution in [2.75, 3.05) is 9.80 Å². The van der Waals surface area contributed by atoms with Gasteiger partial charge in [0.2, 0.25) is 0 Å². The van der Waals surface area contributed by atoms with Crippen LogP contribution >= 0.6 is 11.3 Å². The van der Waals surface area contributed by atoms with Crippen molar-refractivity contribution in [1.82, 2.24) is 0 Å². The number of allylic oxidation sites excluding steroid dienone is 1. The van der Waals surface area contributed by atoms with E-state index < -0.39 is 0 Å². The van der Waals surface area contributed by atoms with E-state index in [-0.39, 0.29) is 17.5 Å². The van der Waals surface area contributed by atoms with E-state index in [0.29, 0.717) is 0 Å². The number of para-hydroxylation sites is 2. The number of rotatable bonds is 4. The molecule has 330 valence electrons. The molecule has 3 aliphatic rings. The predicted octanol–water partition coefficient (Wildman–Crippen LogP) is 15.8. The minimum absolute atomic E-state index is 0.0227. The first-order valence-corrected chi connectivity index (χ1v) is 25.1. The zero-order chi connectivity index (χ0) is 46.2. The highest BCUT2D eigenvalue weighted by Gasteiger charge is 2.44. The van der Waals surface area contributed by atoms with Crippen LogP contribution in [0.15, 0.2) is 174 Å². The second-order valence-corrected chi connectivity index (χ2v) is 22.4. The lowest BCUT2D eigenvalue weighted by Crippen LogP contribution is -2.61. The molecule has 0 amide bonds. The van der Waals surface area contributed by atoms with Gasteiger partial charge in [0.05, 0.1) is 0 Å². The van der Waals surface area contributed by atoms with Gasteiger partial charge in [0, 0.05) is 60.0 Å². The smallest absolute Gasteiger partial charge is 0.252 e. The zero-order valence-corrected chi connectivity index (χ0v) is 40.7. The molecule has 0 bridgehead atoms. The molecule has 0 unspecified atom stereocenters. The van der Waals surface area contributed by atoms with Gasteiger partial charge in [-0.3, -0.25) is 0 Å². The largest absolute Gasteiger partial charge is 0.455 e. The van der Waals surface area contributed by atoms with E-state index in [0.717, 1.165) is 51.6 Å². The Bertz CT molecular complexity index is 3730. The molecule has 10 aromatic rings. The van der Waals surface area contributed by atoms with Crippen molar-refractivity contribution >= 4 is 106 Å². The molecule has 0 fully saturated rings. The maximum atomic E-state index is 6.53. The molecule has 1 aliphatic carbocycles. The van der Waals surface area contributed by atoms with E-state index in [1.165, 1.54) is 93.2 Å². The van der Waals surface area contributed by atoms with Crippen molar-refractivity contribution in [3.05, 3.63) is 203 Å². The Morgan fingerprint density at radius 2 is 1.18 bits per heavy atom. The number of anilines is 6. The van der Waals surface area contributed by atoms with Gasteiger partial charge in [0.15, 0.2) is 0 Å². The Hall–Kier alpha value is -7.08. The average molecular weight is 897 g/mol. The van der Waals surface area contributed by atoms with Crippen LogP contribution in [0, 0.1) is 6.92 Å². The predicted molar refractivity (Wildman–Crippen MR) is 293 cm³/mol. The lowest BCUT2D eigenvalue weighted by Gasteiger charge is -2.45. The molecule has 4 heterocycles. The van der Waals surface area contributed by atoms with Crippen LogP contribution in [0.2, 0.25) is 0 Å². The first kappa shape index (κ1) is 41.1. The van der Waals surface area contributed by atoms with Crippen LogP contribution in [-0.4, -0.2) is 6.71 Å². The minimum Gasteiger partial charge on any atom is -0.455 e. The van der Waals surface area contributed by atoms with Crippen molar-refractivity contribution in [1.29, 1.82) is 0 Å². The van der Waals surface area contributed by atoms with Crippen LogP contribution in [-0.2, 0) is 17.3 Å². The fourth-order valence-corrected chi connectivity index (χ4v) is 12.8. The number of thiophene rings is 1. The first-order chi connectivity index (χ1) is 32.9. The number of hydrogen-bond donors (Lipinski definition) is 0. The third kappa shape index (κ3) is 6.32. The highest BCUT2D eigenvalue weighted by Crippen LogP contribution is 2.48. The summed E-state index contributed by atoms with van der Waals surface area (Å²) in [6.45, 7) is 16.3. The van der Waals surface area contributed by atoms with Crippen LogP contribution in [0.4, 0.5) is 34.1 Å². The van der Waals surface area contributed by atoms with Gasteiger partial charge in [-0.1, -0.05) is 151 Å². The molecule has 68 heavy (non-hydrogen) atoms. The van der Waals surface area contributed by atoms with Crippen LogP contribution in [0.1, 0.15) is 80.7 Å². The molecule has 0 radical (unpaired) electrons. The Kier molecular flexibility index (Phi) is 9.05. The third-order valence-electron chi connectivity index (χ3n) is 14.9. The molecule has 3 nitrogen and oxygen atoms in total. The van der Waals surface area contributed by atoms with Crippen LogP contribution in [0.3, 0.4) is 0 Å². The second-order valence-electron chi connectivity index (χ2n) is 21.3. The number of nitrogens with zero attached hydrogens (tertiary/aromatic N) is 2. The monoisotopic (exact) mass is 896 g/mol. The highest BCUT2D eigenvalue weighted by atomic mass is 32.1. The molecule has 2 aliphatic heterocycles. The molecule has 0 atom stereocenters. The number of hydrogen-bond acceptors (Lipinski definition) is 4. The summed E-state index contributed by atoms with van der Waals surface area (Å²) in [5, 5.41) is 3.70. The number of furan rings is 1. The average Bonchev–Trinajstić information content (AvgIpc) is 3.92. The van der Waals surface area contributed by atoms with Crippen molar-refractivity contribution in [3.8, 4) is 11.1 Å². The van der Waals surface area contributed by atoms with Crippen molar-refractivity contribution in [2.24, 2.45) is 0 Å². The fourth-order valence-electron chi connectivity index (χ4n) is 11.4. The molecule has 13 rings (SSSR count). The summed E-state index contributed by atoms with van der Waals surface area (Å²) in [6, 6.07) is 61.8. The Morgan fingerprint density at radius 1 is 0.544 bits per heavy atom. The summed E-state index contributed by atoms with van der Waals surface area (Å²) >= 11 is 1.94. The summed E-state index contributed by atoms with van der Waals surface area (Å²) in [5.41, 5.74) is 23.3. The molecule has 0 saturated carbocycles. The summed E-state index contributed by atoms with van der Waals surface area (Å²) in [7, 11) is 0. The van der Waals surface area contributed by atoms with Gasteiger partial charge in [-0.05, 0) is 152 Å². The molecule has 0 N–H and O–H groups in total. The Morgan fingerprint density at radius 3 is 1.91 bits per heavy atom. The van der Waals surface area contributed by atoms with E-state index >= 15 is 0 Å². The number of aryl methyl sites for hydroxylation is 2. The third-order valence-corrected chi connectivity index (χ3v) is 16.2. The molecule has 0 spiro atoms. The maximum absolute atomic E-state index is 6.53. The van der Waals surface area contributed by atoms with Gasteiger partial charge in [0.25, 0.3) is 6.71 Å². The maximum Gasteiger partial charge on any atom is 0.252 e. The van der Waals surface area contributed by atoms with E-state index in [2.05, 4.69) is 222 Å². The quantitative estimate of drug-likeness (QED) is 0.164. The van der Waals surface area contributed by atoms with Gasteiger partial charge in [0.1, 0.15) is 11.2 Å². The van der Waals surface area contributed by atoms with E-state index in [4.69, 9.17) is 4.42 Å². The van der Waals surface area contributed by atoms with E-state index in [9.17, 15) is 0 Å². The second kappa shape index (κ2) is 15.0. The molecule has 2 aromatic heterocycles. The summed E-state index contributed by atoms with van der Waals surface area (Å²) < 4.78 is 7.91. The molecule has 5 heteroatoms. The van der Waals surface area contributed by atoms with E-state index in [1.54, 1.807) is 0 Å². The fraction of sp³-hybridized carbons (Fsp3) is 0.175. The minimum atomic E-state index is -0.0348. The topological polar surface area (TPSA) is 19.6 Å². The van der Waals surface area contributed by atoms with Crippen molar-refractivity contribution in [3.63, 3.8) is 0 Å². The standard InChI is InChI=1S/C63H53BN2OS/c1-38-34-55-59-56(35-38)66(44-28-22-39(23-29-44)45-16-12-18-49-47-14-8-10-20-57(47)67-60(45)49)54-37-42(63(5,6)7)26-32-51(54)64(59)52-36-41(62(2,3)4)27-33-53(52)65(55)43-30-24-40(25-31-43)46-17-13-19-50-48-15-9-11-21-58(48)68-61(46)50/h8-12,14-18,20-37H,13,19H2,1-7H3. The van der Waals surface area contributed by atoms with Crippen LogP contribution < -0.4 is 26.2 Å². The van der Waals surface area contributed by atoms with Gasteiger partial charge < -0.3 is 14.2 Å². The zero-order valence-electron chi connectivity index (χ0n) is 39.9. The van der Waals surface area contributed by atoms with Gasteiger partial charge in [-0.2, -0.15) is 0 Å². The number of benzene rings is 8. The summed E-state index contributed by atoms with van der Waals surface area (Å²) in [5.74, 6) is 0. The van der Waals surface area contributed by atoms with E-state index in [1.807, 2.05) is 17.4 Å². The molecular formula is C63H53BN2OS. The molecular weight excluding hydrogens is 844 g/mol. The molecule has 8 aromatic carbocycles. The summed E-state index contributed by atoms with van der Waals surface area (Å²) in [4.78, 5) is 6.53. The van der Waals surface area contributed by atoms with Crippen LogP contribution in [0.5, 0.6) is 0 Å². The lowest BCUT2D eigenvalue weighted by atomic mass is 9.33.